The minimum atomic E-state index is -0.926. The second-order valence-electron chi connectivity index (χ2n) is 5.80. The molecule has 0 saturated carbocycles. The van der Waals surface area contributed by atoms with E-state index in [1.165, 1.54) is 0 Å². The highest BCUT2D eigenvalue weighted by Gasteiger charge is 2.20. The first-order valence-electron chi connectivity index (χ1n) is 8.35. The number of benzene rings is 2. The van der Waals surface area contributed by atoms with E-state index in [0.29, 0.717) is 5.56 Å². The molecule has 3 rings (SSSR count). The number of H-pyrrole nitrogens is 1. The molecule has 0 bridgehead atoms. The molecule has 3 aromatic rings. The van der Waals surface area contributed by atoms with Crippen LogP contribution in [0.15, 0.2) is 52.4 Å². The molecule has 0 radical (unpaired) electrons. The van der Waals surface area contributed by atoms with Gasteiger partial charge in [0.2, 0.25) is 11.7 Å². The molecule has 0 aliphatic heterocycles. The van der Waals surface area contributed by atoms with Gasteiger partial charge in [0.05, 0.1) is 23.9 Å². The fourth-order valence-corrected chi connectivity index (χ4v) is 2.61. The number of anilines is 1. The van der Waals surface area contributed by atoms with Crippen LogP contribution in [0, 0.1) is 27.3 Å². The number of hydrogen-bond acceptors (Lipinski definition) is 8. The van der Waals surface area contributed by atoms with Crippen LogP contribution in [0.3, 0.4) is 0 Å². The van der Waals surface area contributed by atoms with E-state index in [-0.39, 0.29) is 22.8 Å². The van der Waals surface area contributed by atoms with Crippen molar-refractivity contribution in [2.24, 2.45) is 5.10 Å². The molecule has 30 heavy (non-hydrogen) atoms. The third kappa shape index (κ3) is 4.12. The average Bonchev–Trinajstić information content (AvgIpc) is 2.73. The van der Waals surface area contributed by atoms with Crippen LogP contribution in [0.4, 0.5) is 16.0 Å². The van der Waals surface area contributed by atoms with Crippen LogP contribution in [0.25, 0.3) is 11.3 Å². The molecule has 1 aromatic heterocycles. The Balaban J connectivity index is 1.92. The SMILES string of the molecule is COc1c(F)cc(C=NNc2nc(-c3ccccc3)c(C#N)c(=O)[nH]2)cc1[N+](=O)[O-]. The summed E-state index contributed by atoms with van der Waals surface area (Å²) in [5, 5.41) is 24.1. The number of aromatic nitrogens is 2. The van der Waals surface area contributed by atoms with Gasteiger partial charge in [-0.1, -0.05) is 30.3 Å². The van der Waals surface area contributed by atoms with Gasteiger partial charge in [0, 0.05) is 17.2 Å². The number of nitrogens with zero attached hydrogens (tertiary/aromatic N) is 4. The van der Waals surface area contributed by atoms with Crippen molar-refractivity contribution < 1.29 is 14.1 Å². The van der Waals surface area contributed by atoms with E-state index in [1.807, 2.05) is 6.07 Å². The van der Waals surface area contributed by atoms with Gasteiger partial charge in [0.1, 0.15) is 11.6 Å². The quantitative estimate of drug-likeness (QED) is 0.362. The third-order valence-electron chi connectivity index (χ3n) is 3.91. The number of aromatic amines is 1. The van der Waals surface area contributed by atoms with E-state index in [9.17, 15) is 24.6 Å². The Morgan fingerprint density at radius 3 is 2.73 bits per heavy atom. The summed E-state index contributed by atoms with van der Waals surface area (Å²) in [6, 6.07) is 12.5. The summed E-state index contributed by atoms with van der Waals surface area (Å²) in [5.74, 6) is -1.49. The first-order valence-corrected chi connectivity index (χ1v) is 8.35. The monoisotopic (exact) mass is 408 g/mol. The summed E-state index contributed by atoms with van der Waals surface area (Å²) in [6.07, 6.45) is 1.11. The van der Waals surface area contributed by atoms with E-state index in [1.54, 1.807) is 30.3 Å². The lowest BCUT2D eigenvalue weighted by Gasteiger charge is -2.06. The molecule has 0 aliphatic rings. The molecule has 2 aromatic carbocycles. The van der Waals surface area contributed by atoms with Gasteiger partial charge < -0.3 is 4.74 Å². The van der Waals surface area contributed by atoms with E-state index in [0.717, 1.165) is 25.5 Å². The first kappa shape index (κ1) is 20.2. The molecule has 0 fully saturated rings. The fourth-order valence-electron chi connectivity index (χ4n) is 2.61. The maximum absolute atomic E-state index is 14.0. The second kappa shape index (κ2) is 8.61. The van der Waals surface area contributed by atoms with E-state index in [4.69, 9.17) is 4.74 Å². The van der Waals surface area contributed by atoms with Crippen molar-refractivity contribution >= 4 is 17.9 Å². The molecular formula is C19H13FN6O4. The number of nitro benzene ring substituents is 1. The summed E-state index contributed by atoms with van der Waals surface area (Å²) in [5.41, 5.74) is 1.86. The number of halogens is 1. The molecule has 10 nitrogen and oxygen atoms in total. The Kier molecular flexibility index (Phi) is 5.79. The lowest BCUT2D eigenvalue weighted by Crippen LogP contribution is -2.16. The number of hydrazone groups is 1. The lowest BCUT2D eigenvalue weighted by atomic mass is 10.1. The molecule has 0 atom stereocenters. The largest absolute Gasteiger partial charge is 0.488 e. The fraction of sp³-hybridized carbons (Fsp3) is 0.0526. The maximum atomic E-state index is 14.0. The molecule has 0 saturated heterocycles. The predicted octanol–water partition coefficient (Wildman–Crippen LogP) is 2.81. The highest BCUT2D eigenvalue weighted by molar-refractivity contribution is 5.82. The number of nitrogens with one attached hydrogen (secondary N) is 2. The molecule has 11 heteroatoms. The van der Waals surface area contributed by atoms with E-state index >= 15 is 0 Å². The number of rotatable bonds is 6. The standard InChI is InChI=1S/C19H13FN6O4/c1-30-17-14(20)7-11(8-15(17)26(28)29)10-22-25-19-23-16(12-5-3-2-4-6-12)13(9-21)18(27)24-19/h2-8,10H,1H3,(H2,23,24,25,27). The Morgan fingerprint density at radius 1 is 1.37 bits per heavy atom. The topological polar surface area (TPSA) is 146 Å². The number of nitriles is 1. The van der Waals surface area contributed by atoms with Gasteiger partial charge in [-0.2, -0.15) is 10.4 Å². The van der Waals surface area contributed by atoms with E-state index in [2.05, 4.69) is 20.5 Å². The van der Waals surface area contributed by atoms with Crippen LogP contribution in [-0.4, -0.2) is 28.2 Å². The molecule has 2 N–H and O–H groups in total. The predicted molar refractivity (Wildman–Crippen MR) is 106 cm³/mol. The number of methoxy groups -OCH3 is 1. The van der Waals surface area contributed by atoms with Crippen LogP contribution >= 0.6 is 0 Å². The highest BCUT2D eigenvalue weighted by atomic mass is 19.1. The Bertz CT molecular complexity index is 1230. The van der Waals surface area contributed by atoms with Crippen LogP contribution in [0.1, 0.15) is 11.1 Å². The molecular weight excluding hydrogens is 395 g/mol. The van der Waals surface area contributed by atoms with Gasteiger partial charge in [-0.05, 0) is 6.07 Å². The summed E-state index contributed by atoms with van der Waals surface area (Å²) in [7, 11) is 1.12. The summed E-state index contributed by atoms with van der Waals surface area (Å²) in [6.45, 7) is 0. The molecule has 1 heterocycles. The summed E-state index contributed by atoms with van der Waals surface area (Å²) >= 11 is 0. The molecule has 0 unspecified atom stereocenters. The Morgan fingerprint density at radius 2 is 2.10 bits per heavy atom. The first-order chi connectivity index (χ1) is 14.4. The highest BCUT2D eigenvalue weighted by Crippen LogP contribution is 2.30. The summed E-state index contributed by atoms with van der Waals surface area (Å²) < 4.78 is 18.7. The Hall–Kier alpha value is -4.59. The number of nitro groups is 1. The van der Waals surface area contributed by atoms with Crippen molar-refractivity contribution in [3.63, 3.8) is 0 Å². The van der Waals surface area contributed by atoms with Crippen molar-refractivity contribution in [2.45, 2.75) is 0 Å². The smallest absolute Gasteiger partial charge is 0.314 e. The van der Waals surface area contributed by atoms with Gasteiger partial charge >= 0.3 is 5.69 Å². The Labute approximate surface area is 168 Å². The van der Waals surface area contributed by atoms with Gasteiger partial charge in [0.15, 0.2) is 5.82 Å². The molecule has 0 aliphatic carbocycles. The maximum Gasteiger partial charge on any atom is 0.314 e. The van der Waals surface area contributed by atoms with Crippen molar-refractivity contribution in [1.29, 1.82) is 5.26 Å². The molecule has 0 spiro atoms. The minimum absolute atomic E-state index is 0.0717. The van der Waals surface area contributed by atoms with Crippen LogP contribution in [0.5, 0.6) is 5.75 Å². The second-order valence-corrected chi connectivity index (χ2v) is 5.80. The van der Waals surface area contributed by atoms with Crippen LogP contribution < -0.4 is 15.7 Å². The number of ether oxygens (including phenoxy) is 1. The summed E-state index contributed by atoms with van der Waals surface area (Å²) in [4.78, 5) is 29.0. The lowest BCUT2D eigenvalue weighted by molar-refractivity contribution is -0.386. The average molecular weight is 408 g/mol. The minimum Gasteiger partial charge on any atom is -0.488 e. The molecule has 150 valence electrons. The van der Waals surface area contributed by atoms with E-state index < -0.39 is 27.7 Å². The van der Waals surface area contributed by atoms with Crippen molar-refractivity contribution in [3.05, 3.63) is 79.9 Å². The van der Waals surface area contributed by atoms with Gasteiger partial charge in [-0.15, -0.1) is 0 Å². The van der Waals surface area contributed by atoms with Gasteiger partial charge in [0.25, 0.3) is 5.56 Å². The zero-order chi connectivity index (χ0) is 21.7. The van der Waals surface area contributed by atoms with Crippen molar-refractivity contribution in [1.82, 2.24) is 9.97 Å². The van der Waals surface area contributed by atoms with Crippen molar-refractivity contribution in [2.75, 3.05) is 12.5 Å². The van der Waals surface area contributed by atoms with Crippen molar-refractivity contribution in [3.8, 4) is 23.1 Å². The normalized spacial score (nSPS) is 10.6. The van der Waals surface area contributed by atoms with Crippen LogP contribution in [0.2, 0.25) is 0 Å². The zero-order valence-corrected chi connectivity index (χ0v) is 15.4. The van der Waals surface area contributed by atoms with Gasteiger partial charge in [-0.3, -0.25) is 19.9 Å². The number of hydrogen-bond donors (Lipinski definition) is 2. The van der Waals surface area contributed by atoms with Crippen LogP contribution in [-0.2, 0) is 0 Å². The van der Waals surface area contributed by atoms with Gasteiger partial charge in [-0.25, -0.2) is 14.8 Å². The zero-order valence-electron chi connectivity index (χ0n) is 15.4. The third-order valence-corrected chi connectivity index (χ3v) is 3.91. The molecule has 0 amide bonds.